The van der Waals surface area contributed by atoms with E-state index in [9.17, 15) is 4.79 Å². The second kappa shape index (κ2) is 11.7. The molecule has 0 aliphatic rings. The summed E-state index contributed by atoms with van der Waals surface area (Å²) in [6.07, 6.45) is 2.00. The first-order valence-corrected chi connectivity index (χ1v) is 13.3. The minimum Gasteiger partial charge on any atom is -0.331 e. The highest BCUT2D eigenvalue weighted by atomic mass is 35.5. The van der Waals surface area contributed by atoms with E-state index >= 15 is 0 Å². The molecule has 0 bridgehead atoms. The van der Waals surface area contributed by atoms with Gasteiger partial charge in [-0.2, -0.15) is 0 Å². The zero-order valence-corrected chi connectivity index (χ0v) is 21.3. The molecule has 0 aliphatic heterocycles. The van der Waals surface area contributed by atoms with E-state index in [2.05, 4.69) is 33.0 Å². The van der Waals surface area contributed by atoms with Gasteiger partial charge < -0.3 is 10.6 Å². The van der Waals surface area contributed by atoms with E-state index in [0.29, 0.717) is 38.2 Å². The van der Waals surface area contributed by atoms with E-state index in [0.717, 1.165) is 10.5 Å². The molecular weight excluding hydrogens is 509 g/mol. The van der Waals surface area contributed by atoms with Crippen molar-refractivity contribution in [2.24, 2.45) is 0 Å². The van der Waals surface area contributed by atoms with E-state index in [1.165, 1.54) is 11.8 Å². The van der Waals surface area contributed by atoms with Crippen LogP contribution in [0.2, 0.25) is 10.0 Å². The average molecular weight is 531 g/mol. The van der Waals surface area contributed by atoms with E-state index in [1.807, 2.05) is 53.3 Å². The highest BCUT2D eigenvalue weighted by Crippen LogP contribution is 2.31. The second-order valence-electron chi connectivity index (χ2n) is 7.14. The molecule has 4 rings (SSSR count). The lowest BCUT2D eigenvalue weighted by Crippen LogP contribution is -2.29. The summed E-state index contributed by atoms with van der Waals surface area (Å²) in [5.74, 6) is 1.24. The Morgan fingerprint density at radius 3 is 2.50 bits per heavy atom. The van der Waals surface area contributed by atoms with Gasteiger partial charge in [0.25, 0.3) is 0 Å². The molecule has 0 spiro atoms. The van der Waals surface area contributed by atoms with Crippen molar-refractivity contribution in [3.05, 3.63) is 94.2 Å². The number of benzene rings is 3. The van der Waals surface area contributed by atoms with Gasteiger partial charge in [-0.1, -0.05) is 65.3 Å². The molecule has 10 heteroatoms. The van der Waals surface area contributed by atoms with Gasteiger partial charge in [-0.3, -0.25) is 4.57 Å². The van der Waals surface area contributed by atoms with Crippen molar-refractivity contribution in [2.45, 2.75) is 22.3 Å². The van der Waals surface area contributed by atoms with Crippen LogP contribution < -0.4 is 10.6 Å². The van der Waals surface area contributed by atoms with E-state index in [-0.39, 0.29) is 12.6 Å². The van der Waals surface area contributed by atoms with Gasteiger partial charge in [0, 0.05) is 21.4 Å². The summed E-state index contributed by atoms with van der Waals surface area (Å²) in [7, 11) is 0. The van der Waals surface area contributed by atoms with Crippen LogP contribution in [0.1, 0.15) is 11.4 Å². The molecule has 0 radical (unpaired) electrons. The second-order valence-corrected chi connectivity index (χ2v) is 9.81. The van der Waals surface area contributed by atoms with Crippen LogP contribution in [0.15, 0.2) is 82.8 Å². The number of hydrogen-bond donors (Lipinski definition) is 2. The Labute approximate surface area is 216 Å². The number of nitrogens with one attached hydrogen (secondary N) is 2. The van der Waals surface area contributed by atoms with Crippen LogP contribution in [0.5, 0.6) is 0 Å². The standard InChI is InChI=1S/C24H21Cl2N5OS2/c1-33-19-10-8-18(9-11-19)28-23(32)27-14-22-29-30-24(34-15-16-5-3-2-4-6-16)31(22)21-13-17(25)7-12-20(21)26/h2-13H,14-15H2,1H3,(H2,27,28,32). The topological polar surface area (TPSA) is 71.8 Å². The molecule has 0 atom stereocenters. The molecule has 34 heavy (non-hydrogen) atoms. The third-order valence-electron chi connectivity index (χ3n) is 4.82. The molecule has 4 aromatic rings. The smallest absolute Gasteiger partial charge is 0.319 e. The molecule has 6 nitrogen and oxygen atoms in total. The fourth-order valence-electron chi connectivity index (χ4n) is 3.14. The number of carbonyl (C=O) groups excluding carboxylic acids is 1. The SMILES string of the molecule is CSc1ccc(NC(=O)NCc2nnc(SCc3ccccc3)n2-c2cc(Cl)ccc2Cl)cc1. The lowest BCUT2D eigenvalue weighted by Gasteiger charge is -2.13. The van der Waals surface area contributed by atoms with Gasteiger partial charge in [-0.15, -0.1) is 22.0 Å². The number of thioether (sulfide) groups is 2. The summed E-state index contributed by atoms with van der Waals surface area (Å²) in [6.45, 7) is 0.149. The number of aromatic nitrogens is 3. The Morgan fingerprint density at radius 2 is 1.76 bits per heavy atom. The maximum atomic E-state index is 12.5. The predicted octanol–water partition coefficient (Wildman–Crippen LogP) is 6.91. The summed E-state index contributed by atoms with van der Waals surface area (Å²) < 4.78 is 1.83. The third-order valence-corrected chi connectivity index (χ3v) is 7.11. The molecule has 2 amide bonds. The quantitative estimate of drug-likeness (QED) is 0.242. The minimum absolute atomic E-state index is 0.149. The van der Waals surface area contributed by atoms with E-state index < -0.39 is 0 Å². The molecule has 0 aliphatic carbocycles. The van der Waals surface area contributed by atoms with E-state index in [1.54, 1.807) is 30.0 Å². The normalized spacial score (nSPS) is 10.8. The molecule has 2 N–H and O–H groups in total. The molecule has 0 unspecified atom stereocenters. The van der Waals surface area contributed by atoms with Gasteiger partial charge in [-0.05, 0) is 54.3 Å². The summed E-state index contributed by atoms with van der Waals surface area (Å²) in [6, 6.07) is 22.6. The van der Waals surface area contributed by atoms with Crippen LogP contribution in [0.25, 0.3) is 5.69 Å². The molecule has 3 aromatic carbocycles. The van der Waals surface area contributed by atoms with Gasteiger partial charge in [0.05, 0.1) is 17.3 Å². The number of halogens is 2. The lowest BCUT2D eigenvalue weighted by molar-refractivity contribution is 0.251. The largest absolute Gasteiger partial charge is 0.331 e. The van der Waals surface area contributed by atoms with Crippen LogP contribution in [0.3, 0.4) is 0 Å². The van der Waals surface area contributed by atoms with Crippen molar-refractivity contribution in [1.29, 1.82) is 0 Å². The van der Waals surface area contributed by atoms with Gasteiger partial charge in [-0.25, -0.2) is 4.79 Å². The van der Waals surface area contributed by atoms with Crippen molar-refractivity contribution in [1.82, 2.24) is 20.1 Å². The van der Waals surface area contributed by atoms with Crippen LogP contribution in [-0.4, -0.2) is 27.1 Å². The molecule has 0 saturated heterocycles. The Kier molecular flexibility index (Phi) is 8.39. The van der Waals surface area contributed by atoms with Crippen LogP contribution in [-0.2, 0) is 12.3 Å². The van der Waals surface area contributed by atoms with Crippen LogP contribution in [0.4, 0.5) is 10.5 Å². The van der Waals surface area contributed by atoms with Crippen molar-refractivity contribution < 1.29 is 4.79 Å². The predicted molar refractivity (Wildman–Crippen MR) is 141 cm³/mol. The maximum absolute atomic E-state index is 12.5. The van der Waals surface area contributed by atoms with Crippen molar-refractivity contribution in [3.63, 3.8) is 0 Å². The zero-order valence-electron chi connectivity index (χ0n) is 18.2. The number of carbonyl (C=O) groups is 1. The zero-order chi connectivity index (χ0) is 23.9. The molecule has 0 saturated carbocycles. The number of anilines is 1. The molecule has 1 heterocycles. The first kappa shape index (κ1) is 24.5. The van der Waals surface area contributed by atoms with Gasteiger partial charge in [0.1, 0.15) is 0 Å². The van der Waals surface area contributed by atoms with Gasteiger partial charge in [0.15, 0.2) is 11.0 Å². The van der Waals surface area contributed by atoms with Crippen molar-refractivity contribution in [2.75, 3.05) is 11.6 Å². The monoisotopic (exact) mass is 529 g/mol. The first-order chi connectivity index (χ1) is 16.5. The highest BCUT2D eigenvalue weighted by molar-refractivity contribution is 7.98. The highest BCUT2D eigenvalue weighted by Gasteiger charge is 2.18. The summed E-state index contributed by atoms with van der Waals surface area (Å²) in [5.41, 5.74) is 2.51. The van der Waals surface area contributed by atoms with Crippen LogP contribution in [0, 0.1) is 0 Å². The van der Waals surface area contributed by atoms with Gasteiger partial charge >= 0.3 is 6.03 Å². The molecule has 1 aromatic heterocycles. The lowest BCUT2D eigenvalue weighted by atomic mass is 10.2. The summed E-state index contributed by atoms with van der Waals surface area (Å²) in [4.78, 5) is 13.6. The number of amides is 2. The van der Waals surface area contributed by atoms with Crippen molar-refractivity contribution >= 4 is 58.4 Å². The fourth-order valence-corrected chi connectivity index (χ4v) is 4.83. The maximum Gasteiger partial charge on any atom is 0.319 e. The number of hydrogen-bond acceptors (Lipinski definition) is 5. The first-order valence-electron chi connectivity index (χ1n) is 10.3. The van der Waals surface area contributed by atoms with Gasteiger partial charge in [0.2, 0.25) is 0 Å². The third kappa shape index (κ3) is 6.27. The fraction of sp³-hybridized carbons (Fsp3) is 0.125. The Morgan fingerprint density at radius 1 is 1.00 bits per heavy atom. The Hall–Kier alpha value is -2.65. The summed E-state index contributed by atoms with van der Waals surface area (Å²) >= 11 is 15.9. The number of urea groups is 1. The minimum atomic E-state index is -0.345. The average Bonchev–Trinajstić information content (AvgIpc) is 3.26. The Bertz CT molecular complexity index is 1270. The molecular formula is C24H21Cl2N5OS2. The Balaban J connectivity index is 1.53. The molecule has 174 valence electrons. The van der Waals surface area contributed by atoms with Crippen molar-refractivity contribution in [3.8, 4) is 5.69 Å². The van der Waals surface area contributed by atoms with Crippen LogP contribution >= 0.6 is 46.7 Å². The number of rotatable bonds is 8. The summed E-state index contributed by atoms with van der Waals surface area (Å²) in [5, 5.41) is 16.0. The van der Waals surface area contributed by atoms with E-state index in [4.69, 9.17) is 23.2 Å². The number of nitrogens with zero attached hydrogens (tertiary/aromatic N) is 3. The molecule has 0 fully saturated rings.